The molecular formula is C22H29N3O7. The zero-order valence-corrected chi connectivity index (χ0v) is 18.2. The summed E-state index contributed by atoms with van der Waals surface area (Å²) in [4.78, 5) is 57.9. The van der Waals surface area contributed by atoms with Crippen molar-refractivity contribution < 1.29 is 28.7 Å². The van der Waals surface area contributed by atoms with Gasteiger partial charge in [-0.15, -0.1) is 0 Å². The Morgan fingerprint density at radius 3 is 2.66 bits per heavy atom. The van der Waals surface area contributed by atoms with Crippen LogP contribution in [-0.4, -0.2) is 47.4 Å². The van der Waals surface area contributed by atoms with Gasteiger partial charge in [-0.05, 0) is 44.2 Å². The van der Waals surface area contributed by atoms with Gasteiger partial charge in [0.2, 0.25) is 17.7 Å². The third-order valence-electron chi connectivity index (χ3n) is 4.99. The Kier molecular flexibility index (Phi) is 9.18. The zero-order chi connectivity index (χ0) is 23.7. The first-order chi connectivity index (χ1) is 15.2. The van der Waals surface area contributed by atoms with Crippen molar-refractivity contribution in [2.45, 2.75) is 64.5 Å². The molecular weight excluding hydrogens is 418 g/mol. The number of fused-ring (bicyclic) bond motifs is 1. The lowest BCUT2D eigenvalue weighted by molar-refractivity contribution is -0.138. The van der Waals surface area contributed by atoms with Gasteiger partial charge in [-0.2, -0.15) is 0 Å². The molecule has 2 rings (SSSR count). The van der Waals surface area contributed by atoms with E-state index in [9.17, 15) is 24.0 Å². The van der Waals surface area contributed by atoms with Crippen LogP contribution in [-0.2, 0) is 19.2 Å². The van der Waals surface area contributed by atoms with E-state index < -0.39 is 17.6 Å². The van der Waals surface area contributed by atoms with E-state index in [2.05, 4.69) is 16.0 Å². The summed E-state index contributed by atoms with van der Waals surface area (Å²) in [6.07, 6.45) is 5.33. The number of unbranched alkanes of at least 4 members (excludes halogenated alkanes) is 1. The molecule has 32 heavy (non-hydrogen) atoms. The van der Waals surface area contributed by atoms with Crippen LogP contribution in [0.3, 0.4) is 0 Å². The highest BCUT2D eigenvalue weighted by atomic mass is 16.4. The van der Waals surface area contributed by atoms with Crippen LogP contribution in [0.1, 0.15) is 51.0 Å². The summed E-state index contributed by atoms with van der Waals surface area (Å²) in [6.45, 7) is 3.50. The first kappa shape index (κ1) is 24.8. The molecule has 0 aliphatic heterocycles. The number of rotatable bonds is 11. The Balaban J connectivity index is 1.88. The highest BCUT2D eigenvalue weighted by molar-refractivity contribution is 5.87. The van der Waals surface area contributed by atoms with Crippen LogP contribution in [0, 0.1) is 6.92 Å². The van der Waals surface area contributed by atoms with Gasteiger partial charge in [0, 0.05) is 31.2 Å². The minimum absolute atomic E-state index is 0.0794. The molecule has 10 nitrogen and oxygen atoms in total. The second kappa shape index (κ2) is 11.8. The number of carbonyl (C=O) groups is 4. The van der Waals surface area contributed by atoms with Crippen LogP contribution >= 0.6 is 0 Å². The SMILES string of the molecule is CC(=O)N[C@@H](CCCCNC(=O)CCC(=O)O)C(=O)NC1C=c2oc(=O)cc(C)c2=CC1. The van der Waals surface area contributed by atoms with Gasteiger partial charge < -0.3 is 25.5 Å². The predicted octanol–water partition coefficient (Wildman–Crippen LogP) is -0.946. The van der Waals surface area contributed by atoms with Gasteiger partial charge in [0.1, 0.15) is 11.5 Å². The van der Waals surface area contributed by atoms with E-state index in [1.165, 1.54) is 13.0 Å². The quantitative estimate of drug-likeness (QED) is 0.319. The summed E-state index contributed by atoms with van der Waals surface area (Å²) >= 11 is 0. The van der Waals surface area contributed by atoms with Gasteiger partial charge >= 0.3 is 11.6 Å². The summed E-state index contributed by atoms with van der Waals surface area (Å²) < 4.78 is 5.23. The Labute approximate surface area is 184 Å². The Bertz CT molecular complexity index is 1040. The summed E-state index contributed by atoms with van der Waals surface area (Å²) in [6, 6.07) is 0.308. The maximum atomic E-state index is 12.7. The monoisotopic (exact) mass is 447 g/mol. The fraction of sp³-hybridized carbons (Fsp3) is 0.500. The van der Waals surface area contributed by atoms with Crippen molar-refractivity contribution in [3.63, 3.8) is 0 Å². The van der Waals surface area contributed by atoms with Crippen molar-refractivity contribution in [2.75, 3.05) is 6.54 Å². The molecule has 0 radical (unpaired) electrons. The smallest absolute Gasteiger partial charge is 0.336 e. The van der Waals surface area contributed by atoms with Crippen LogP contribution < -0.4 is 32.2 Å². The molecule has 0 saturated heterocycles. The molecule has 1 heterocycles. The van der Waals surface area contributed by atoms with Gasteiger partial charge in [-0.3, -0.25) is 19.2 Å². The van der Waals surface area contributed by atoms with E-state index in [1.54, 1.807) is 6.08 Å². The van der Waals surface area contributed by atoms with Crippen molar-refractivity contribution in [2.24, 2.45) is 0 Å². The summed E-state index contributed by atoms with van der Waals surface area (Å²) in [5.74, 6) is -2.05. The standard InChI is InChI=1S/C22H29N3O7/c1-13-11-21(30)32-18-12-15(6-7-16(13)18)25-22(31)17(24-14(2)26)5-3-4-10-23-19(27)8-9-20(28)29/h7,11-12,15,17H,3-6,8-10H2,1-2H3,(H,23,27)(H,24,26)(H,25,31)(H,28,29)/t15?,17-/m0/s1. The largest absolute Gasteiger partial charge is 0.481 e. The van der Waals surface area contributed by atoms with Gasteiger partial charge in [-0.25, -0.2) is 4.79 Å². The number of carboxylic acids is 1. The van der Waals surface area contributed by atoms with Crippen molar-refractivity contribution in [3.8, 4) is 0 Å². The Hall–Kier alpha value is -3.43. The molecule has 10 heteroatoms. The molecule has 0 fully saturated rings. The minimum atomic E-state index is -1.03. The predicted molar refractivity (Wildman–Crippen MR) is 116 cm³/mol. The van der Waals surface area contributed by atoms with Gasteiger partial charge in [0.25, 0.3) is 0 Å². The fourth-order valence-electron chi connectivity index (χ4n) is 3.43. The van der Waals surface area contributed by atoms with Crippen LogP contribution in [0.25, 0.3) is 12.2 Å². The second-order valence-electron chi connectivity index (χ2n) is 7.74. The number of hydrogen-bond donors (Lipinski definition) is 4. The van der Waals surface area contributed by atoms with Gasteiger partial charge in [0.15, 0.2) is 0 Å². The van der Waals surface area contributed by atoms with E-state index >= 15 is 0 Å². The number of aryl methyl sites for hydroxylation is 1. The number of hydrogen-bond acceptors (Lipinski definition) is 6. The first-order valence-corrected chi connectivity index (χ1v) is 10.5. The highest BCUT2D eigenvalue weighted by Crippen LogP contribution is 2.05. The fourth-order valence-corrected chi connectivity index (χ4v) is 3.43. The number of amides is 3. The average molecular weight is 447 g/mol. The molecule has 0 saturated carbocycles. The molecule has 0 aromatic carbocycles. The number of carbonyl (C=O) groups excluding carboxylic acids is 3. The molecule has 1 unspecified atom stereocenters. The molecule has 4 N–H and O–H groups in total. The Morgan fingerprint density at radius 2 is 1.97 bits per heavy atom. The molecule has 1 aliphatic carbocycles. The summed E-state index contributed by atoms with van der Waals surface area (Å²) in [5.41, 5.74) is 0.772. The molecule has 1 aromatic heterocycles. The third kappa shape index (κ3) is 8.01. The topological polar surface area (TPSA) is 155 Å². The lowest BCUT2D eigenvalue weighted by Crippen LogP contribution is -2.50. The van der Waals surface area contributed by atoms with Crippen molar-refractivity contribution in [1.29, 1.82) is 0 Å². The van der Waals surface area contributed by atoms with E-state index in [0.717, 1.165) is 10.8 Å². The molecule has 1 aliphatic rings. The van der Waals surface area contributed by atoms with Crippen LogP contribution in [0.2, 0.25) is 0 Å². The van der Waals surface area contributed by atoms with Crippen molar-refractivity contribution in [3.05, 3.63) is 32.7 Å². The molecule has 1 aromatic rings. The first-order valence-electron chi connectivity index (χ1n) is 10.5. The molecule has 0 spiro atoms. The number of carboxylic acid groups (broad SMARTS) is 1. The molecule has 174 valence electrons. The second-order valence-corrected chi connectivity index (χ2v) is 7.74. The van der Waals surface area contributed by atoms with E-state index in [0.29, 0.717) is 37.6 Å². The van der Waals surface area contributed by atoms with Crippen LogP contribution in [0.5, 0.6) is 0 Å². The maximum absolute atomic E-state index is 12.7. The van der Waals surface area contributed by atoms with Crippen LogP contribution in [0.15, 0.2) is 15.3 Å². The third-order valence-corrected chi connectivity index (χ3v) is 4.99. The zero-order valence-electron chi connectivity index (χ0n) is 18.2. The number of nitrogens with one attached hydrogen (secondary N) is 3. The minimum Gasteiger partial charge on any atom is -0.481 e. The normalized spacial score (nSPS) is 15.4. The van der Waals surface area contributed by atoms with E-state index in [-0.39, 0.29) is 36.6 Å². The highest BCUT2D eigenvalue weighted by Gasteiger charge is 2.22. The molecule has 0 bridgehead atoms. The number of aliphatic carboxylic acids is 1. The van der Waals surface area contributed by atoms with Gasteiger partial charge in [0.05, 0.1) is 12.5 Å². The summed E-state index contributed by atoms with van der Waals surface area (Å²) in [7, 11) is 0. The van der Waals surface area contributed by atoms with Crippen molar-refractivity contribution >= 4 is 35.8 Å². The van der Waals surface area contributed by atoms with Crippen molar-refractivity contribution in [1.82, 2.24) is 16.0 Å². The lowest BCUT2D eigenvalue weighted by Gasteiger charge is -2.22. The molecule has 2 atom stereocenters. The maximum Gasteiger partial charge on any atom is 0.336 e. The van der Waals surface area contributed by atoms with Gasteiger partial charge in [-0.1, -0.05) is 6.08 Å². The molecule has 3 amide bonds. The van der Waals surface area contributed by atoms with E-state index in [1.807, 2.05) is 13.0 Å². The Morgan fingerprint density at radius 1 is 1.22 bits per heavy atom. The lowest BCUT2D eigenvalue weighted by atomic mass is 10.0. The summed E-state index contributed by atoms with van der Waals surface area (Å²) in [5, 5.41) is 17.5. The average Bonchev–Trinajstić information content (AvgIpc) is 2.70. The van der Waals surface area contributed by atoms with Crippen LogP contribution in [0.4, 0.5) is 0 Å². The van der Waals surface area contributed by atoms with E-state index in [4.69, 9.17) is 9.52 Å².